The quantitative estimate of drug-likeness (QED) is 0.139. The van der Waals surface area contributed by atoms with Crippen LogP contribution in [0.1, 0.15) is 120 Å². The monoisotopic (exact) mass is 758 g/mol. The van der Waals surface area contributed by atoms with Crippen molar-refractivity contribution in [1.82, 2.24) is 0 Å². The van der Waals surface area contributed by atoms with E-state index in [9.17, 15) is 40.2 Å². The molecule has 6 N–H and O–H groups in total. The van der Waals surface area contributed by atoms with Gasteiger partial charge >= 0.3 is 5.97 Å². The van der Waals surface area contributed by atoms with E-state index < -0.39 is 22.4 Å². The van der Waals surface area contributed by atoms with Gasteiger partial charge in [-0.2, -0.15) is 0 Å². The molecule has 8 rings (SSSR count). The molecule has 1 aromatic heterocycles. The maximum atomic E-state index is 12.7. The highest BCUT2D eigenvalue weighted by Crippen LogP contribution is 2.78. The van der Waals surface area contributed by atoms with Crippen LogP contribution in [0.2, 0.25) is 0 Å². The van der Waals surface area contributed by atoms with Crippen molar-refractivity contribution in [3.05, 3.63) is 46.6 Å². The van der Waals surface area contributed by atoms with E-state index in [1.54, 1.807) is 0 Å². The zero-order valence-electron chi connectivity index (χ0n) is 33.9. The second-order valence-corrected chi connectivity index (χ2v) is 20.2. The number of phenols is 4. The number of carboxylic acid groups (broad SMARTS) is 1. The minimum absolute atomic E-state index is 0.0163. The van der Waals surface area contributed by atoms with Crippen molar-refractivity contribution in [1.29, 1.82) is 0 Å². The summed E-state index contributed by atoms with van der Waals surface area (Å²) in [6.45, 7) is 19.6. The smallest absolute Gasteiger partial charge is 0.336 e. The summed E-state index contributed by atoms with van der Waals surface area (Å²) in [5.74, 6) is 1.48. The average molecular weight is 759 g/mol. The number of aromatic hydroxyl groups is 4. The van der Waals surface area contributed by atoms with Crippen LogP contribution in [0.5, 0.6) is 23.0 Å². The fourth-order valence-corrected chi connectivity index (χ4v) is 14.1. The Bertz CT molecular complexity index is 2070. The normalized spacial score (nSPS) is 40.4. The summed E-state index contributed by atoms with van der Waals surface area (Å²) in [5, 5.41) is 60.3. The molecule has 11 atom stereocenters. The van der Waals surface area contributed by atoms with Gasteiger partial charge in [0.25, 0.3) is 0 Å². The number of hydrogen-bond acceptors (Lipinski definition) is 8. The van der Waals surface area contributed by atoms with E-state index in [0.29, 0.717) is 17.4 Å². The number of aliphatic carboxylic acids is 1. The summed E-state index contributed by atoms with van der Waals surface area (Å²) in [4.78, 5) is 24.8. The SMILES string of the molecule is C[C@@H]1[C@H]2[C@H]3CC[C@@H]4[C@]5(C)[C@@H](CC[C@@]4(C)[C@]3(C)CC[C@@]2(C)CC[C@H]1C)C(C)(C)CCC5(O)C(=O)O.O=c1cc(-c2ccc(O)c(O)c2)oc2cc(O)cc(O)c12. The lowest BCUT2D eigenvalue weighted by molar-refractivity contribution is -0.290. The Balaban J connectivity index is 0.000000190. The summed E-state index contributed by atoms with van der Waals surface area (Å²) >= 11 is 0. The van der Waals surface area contributed by atoms with E-state index in [1.807, 2.05) is 0 Å². The first kappa shape index (κ1) is 39.5. The minimum Gasteiger partial charge on any atom is -0.508 e. The molecule has 55 heavy (non-hydrogen) atoms. The molecule has 1 heterocycles. The van der Waals surface area contributed by atoms with E-state index in [2.05, 4.69) is 55.4 Å². The Kier molecular flexibility index (Phi) is 9.27. The van der Waals surface area contributed by atoms with Crippen LogP contribution < -0.4 is 5.43 Å². The van der Waals surface area contributed by atoms with Crippen molar-refractivity contribution in [3.8, 4) is 34.3 Å². The third-order valence-electron chi connectivity index (χ3n) is 17.5. The molecule has 3 aromatic rings. The van der Waals surface area contributed by atoms with Gasteiger partial charge in [0.05, 0.1) is 0 Å². The van der Waals surface area contributed by atoms with Crippen LogP contribution in [0.15, 0.2) is 45.6 Å². The third-order valence-corrected chi connectivity index (χ3v) is 17.5. The van der Waals surface area contributed by atoms with E-state index in [1.165, 1.54) is 62.8 Å². The molecular formula is C46H62O9. The Labute approximate surface area is 324 Å². The number of carboxylic acids is 1. The van der Waals surface area contributed by atoms with E-state index in [-0.39, 0.29) is 67.8 Å². The summed E-state index contributed by atoms with van der Waals surface area (Å²) in [6, 6.07) is 7.37. The Morgan fingerprint density at radius 1 is 0.727 bits per heavy atom. The van der Waals surface area contributed by atoms with Gasteiger partial charge in [0.2, 0.25) is 0 Å². The Morgan fingerprint density at radius 3 is 2.11 bits per heavy atom. The van der Waals surface area contributed by atoms with Gasteiger partial charge in [0, 0.05) is 29.2 Å². The second-order valence-electron chi connectivity index (χ2n) is 20.2. The number of benzene rings is 2. The Hall–Kier alpha value is -3.72. The molecule has 0 amide bonds. The molecule has 1 unspecified atom stereocenters. The minimum atomic E-state index is -1.61. The van der Waals surface area contributed by atoms with Crippen LogP contribution in [0.3, 0.4) is 0 Å². The lowest BCUT2D eigenvalue weighted by Crippen LogP contribution is -2.73. The number of phenolic OH excluding ortho intramolecular Hbond substituents is 4. The summed E-state index contributed by atoms with van der Waals surface area (Å²) < 4.78 is 5.47. The van der Waals surface area contributed by atoms with Crippen molar-refractivity contribution in [3.63, 3.8) is 0 Å². The van der Waals surface area contributed by atoms with Crippen molar-refractivity contribution in [2.75, 3.05) is 0 Å². The molecule has 5 aliphatic rings. The molecule has 5 aliphatic carbocycles. The van der Waals surface area contributed by atoms with Crippen molar-refractivity contribution < 1.29 is 39.9 Å². The highest BCUT2D eigenvalue weighted by atomic mass is 16.4. The first-order valence-electron chi connectivity index (χ1n) is 20.5. The molecule has 9 nitrogen and oxygen atoms in total. The van der Waals surface area contributed by atoms with E-state index >= 15 is 0 Å². The number of hydrogen-bond donors (Lipinski definition) is 6. The highest BCUT2D eigenvalue weighted by Gasteiger charge is 2.74. The number of carbonyl (C=O) groups is 1. The fraction of sp³-hybridized carbons (Fsp3) is 0.652. The average Bonchev–Trinajstić information content (AvgIpc) is 3.10. The summed E-state index contributed by atoms with van der Waals surface area (Å²) in [6.07, 6.45) is 11.1. The standard InChI is InChI=1S/C31H52O3.C15H10O6/c1-19-11-13-27(5)16-17-28(6)21(24(27)20(19)2)9-10-23-29(28,7)14-12-22-26(3,4)15-18-31(34,25(32)33)30(22,23)8;16-8-4-11(19)15-12(20)6-13(21-14(15)5-8)7-1-2-9(17)10(18)3-7/h19-24,34H,9-18H2,1-8H3,(H,32,33);1-6,16-19H/t19-,20+,21-,22+,23+,24+,27-,28-,29-,30+,31?;/m1./s1. The molecule has 5 fully saturated rings. The van der Waals surface area contributed by atoms with Gasteiger partial charge in [-0.05, 0) is 140 Å². The number of fused-ring (bicyclic) bond motifs is 8. The first-order chi connectivity index (χ1) is 25.5. The zero-order chi connectivity index (χ0) is 40.3. The number of aliphatic hydroxyl groups is 1. The van der Waals surface area contributed by atoms with Gasteiger partial charge in [-0.15, -0.1) is 0 Å². The van der Waals surface area contributed by atoms with E-state index in [4.69, 9.17) is 4.42 Å². The molecule has 5 saturated carbocycles. The predicted octanol–water partition coefficient (Wildman–Crippen LogP) is 9.84. The molecule has 0 saturated heterocycles. The maximum absolute atomic E-state index is 12.7. The third kappa shape index (κ3) is 5.63. The largest absolute Gasteiger partial charge is 0.508 e. The zero-order valence-corrected chi connectivity index (χ0v) is 33.9. The molecule has 300 valence electrons. The fourth-order valence-electron chi connectivity index (χ4n) is 14.1. The molecule has 0 radical (unpaired) electrons. The van der Waals surface area contributed by atoms with Crippen LogP contribution >= 0.6 is 0 Å². The van der Waals surface area contributed by atoms with Gasteiger partial charge < -0.3 is 35.1 Å². The van der Waals surface area contributed by atoms with Crippen LogP contribution in [-0.2, 0) is 4.79 Å². The van der Waals surface area contributed by atoms with Gasteiger partial charge in [-0.1, -0.05) is 55.4 Å². The summed E-state index contributed by atoms with van der Waals surface area (Å²) in [7, 11) is 0. The van der Waals surface area contributed by atoms with Crippen LogP contribution in [-0.4, -0.2) is 42.2 Å². The highest BCUT2D eigenvalue weighted by molar-refractivity contribution is 5.86. The second kappa shape index (κ2) is 12.9. The first-order valence-corrected chi connectivity index (χ1v) is 20.5. The molecule has 0 aliphatic heterocycles. The lowest BCUT2D eigenvalue weighted by atomic mass is 9.30. The number of rotatable bonds is 2. The Morgan fingerprint density at radius 2 is 1.44 bits per heavy atom. The van der Waals surface area contributed by atoms with Crippen LogP contribution in [0.4, 0.5) is 0 Å². The van der Waals surface area contributed by atoms with Gasteiger partial charge in [0.15, 0.2) is 22.5 Å². The molecule has 0 spiro atoms. The van der Waals surface area contributed by atoms with Gasteiger partial charge in [0.1, 0.15) is 28.2 Å². The topological polar surface area (TPSA) is 169 Å². The molecule has 0 bridgehead atoms. The predicted molar refractivity (Wildman–Crippen MR) is 212 cm³/mol. The van der Waals surface area contributed by atoms with E-state index in [0.717, 1.165) is 55.1 Å². The van der Waals surface area contributed by atoms with Crippen molar-refractivity contribution in [2.24, 2.45) is 62.6 Å². The molecule has 2 aromatic carbocycles. The van der Waals surface area contributed by atoms with Crippen molar-refractivity contribution in [2.45, 2.75) is 125 Å². The van der Waals surface area contributed by atoms with Crippen molar-refractivity contribution >= 4 is 16.9 Å². The lowest BCUT2D eigenvalue weighted by Gasteiger charge is -2.75. The summed E-state index contributed by atoms with van der Waals surface area (Å²) in [5.41, 5.74) is -1.44. The molecular weight excluding hydrogens is 696 g/mol. The van der Waals surface area contributed by atoms with Gasteiger partial charge in [-0.3, -0.25) is 4.79 Å². The van der Waals surface area contributed by atoms with Gasteiger partial charge in [-0.25, -0.2) is 4.79 Å². The molecule has 9 heteroatoms. The maximum Gasteiger partial charge on any atom is 0.336 e. The van der Waals surface area contributed by atoms with Crippen LogP contribution in [0, 0.1) is 62.6 Å². The van der Waals surface area contributed by atoms with Crippen LogP contribution in [0.25, 0.3) is 22.3 Å².